The van der Waals surface area contributed by atoms with Crippen molar-refractivity contribution in [2.75, 3.05) is 13.1 Å². The van der Waals surface area contributed by atoms with Gasteiger partial charge in [-0.15, -0.1) is 0 Å². The zero-order valence-corrected chi connectivity index (χ0v) is 12.1. The molecule has 1 aliphatic rings. The summed E-state index contributed by atoms with van der Waals surface area (Å²) in [6.07, 6.45) is 3.04. The zero-order valence-electron chi connectivity index (χ0n) is 12.1. The van der Waals surface area contributed by atoms with E-state index in [2.05, 4.69) is 49.7 Å². The van der Waals surface area contributed by atoms with E-state index >= 15 is 0 Å². The largest absolute Gasteiger partial charge is 0.300 e. The van der Waals surface area contributed by atoms with E-state index in [1.54, 1.807) is 0 Å². The Balaban J connectivity index is 2.05. The van der Waals surface area contributed by atoms with E-state index in [-0.39, 0.29) is 0 Å². The van der Waals surface area contributed by atoms with Gasteiger partial charge < -0.3 is 4.90 Å². The molecular weight excluding hydrogens is 220 g/mol. The third-order valence-electron chi connectivity index (χ3n) is 4.30. The maximum absolute atomic E-state index is 4.49. The first-order valence-corrected chi connectivity index (χ1v) is 7.22. The Kier molecular flexibility index (Phi) is 4.39. The quantitative estimate of drug-likeness (QED) is 0.811. The third kappa shape index (κ3) is 3.11. The molecule has 0 N–H and O–H groups in total. The molecule has 0 aromatic carbocycles. The Bertz CT molecular complexity index is 359. The summed E-state index contributed by atoms with van der Waals surface area (Å²) >= 11 is 0. The molecule has 2 atom stereocenters. The summed E-state index contributed by atoms with van der Waals surface area (Å²) < 4.78 is 0. The third-order valence-corrected chi connectivity index (χ3v) is 4.30. The molecule has 2 heterocycles. The van der Waals surface area contributed by atoms with Gasteiger partial charge in [-0.1, -0.05) is 19.9 Å². The molecule has 2 heteroatoms. The molecule has 0 bridgehead atoms. The van der Waals surface area contributed by atoms with Crippen LogP contribution in [-0.4, -0.2) is 29.0 Å². The predicted molar refractivity (Wildman–Crippen MR) is 76.5 cm³/mol. The molecule has 100 valence electrons. The van der Waals surface area contributed by atoms with Crippen LogP contribution in [0.1, 0.15) is 33.4 Å². The number of rotatable bonds is 4. The lowest BCUT2D eigenvalue weighted by Crippen LogP contribution is -2.29. The highest BCUT2D eigenvalue weighted by molar-refractivity contribution is 5.06. The van der Waals surface area contributed by atoms with E-state index in [9.17, 15) is 0 Å². The van der Waals surface area contributed by atoms with E-state index in [0.29, 0.717) is 6.04 Å². The van der Waals surface area contributed by atoms with Gasteiger partial charge in [0, 0.05) is 31.0 Å². The molecule has 18 heavy (non-hydrogen) atoms. The molecule has 0 aliphatic carbocycles. The van der Waals surface area contributed by atoms with E-state index in [0.717, 1.165) is 24.2 Å². The molecule has 1 fully saturated rings. The maximum Gasteiger partial charge on any atom is 0.0406 e. The van der Waals surface area contributed by atoms with Crippen molar-refractivity contribution in [3.63, 3.8) is 0 Å². The molecule has 2 nitrogen and oxygen atoms in total. The van der Waals surface area contributed by atoms with E-state index < -0.39 is 0 Å². The molecule has 0 amide bonds. The fraction of sp³-hybridized carbons (Fsp3) is 0.688. The first kappa shape index (κ1) is 13.5. The molecular formula is C16H26N2. The van der Waals surface area contributed by atoms with Crippen LogP contribution in [0.2, 0.25) is 0 Å². The zero-order chi connectivity index (χ0) is 13.1. The molecule has 2 unspecified atom stereocenters. The molecule has 2 rings (SSSR count). The van der Waals surface area contributed by atoms with Crippen LogP contribution in [-0.2, 0) is 6.42 Å². The van der Waals surface area contributed by atoms with Crippen LogP contribution in [0.25, 0.3) is 0 Å². The smallest absolute Gasteiger partial charge is 0.0406 e. The minimum Gasteiger partial charge on any atom is -0.300 e. The molecule has 1 saturated heterocycles. The van der Waals surface area contributed by atoms with E-state index in [1.807, 2.05) is 12.3 Å². The van der Waals surface area contributed by atoms with Crippen molar-refractivity contribution >= 4 is 0 Å². The monoisotopic (exact) mass is 246 g/mol. The van der Waals surface area contributed by atoms with Crippen LogP contribution in [0.3, 0.4) is 0 Å². The second-order valence-electron chi connectivity index (χ2n) is 6.24. The Morgan fingerprint density at radius 3 is 2.56 bits per heavy atom. The number of aromatic nitrogens is 1. The average molecular weight is 246 g/mol. The lowest BCUT2D eigenvalue weighted by Gasteiger charge is -2.22. The molecule has 1 aromatic rings. The molecule has 0 spiro atoms. The molecule has 0 radical (unpaired) electrons. The summed E-state index contributed by atoms with van der Waals surface area (Å²) in [6.45, 7) is 11.8. The fourth-order valence-electron chi connectivity index (χ4n) is 3.11. The fourth-order valence-corrected chi connectivity index (χ4v) is 3.11. The van der Waals surface area contributed by atoms with Gasteiger partial charge in [-0.25, -0.2) is 0 Å². The lowest BCUT2D eigenvalue weighted by molar-refractivity contribution is 0.253. The van der Waals surface area contributed by atoms with E-state index in [4.69, 9.17) is 0 Å². The summed E-state index contributed by atoms with van der Waals surface area (Å²) in [4.78, 5) is 7.11. The summed E-state index contributed by atoms with van der Waals surface area (Å²) in [5.74, 6) is 2.35. The topological polar surface area (TPSA) is 16.1 Å². The number of likely N-dealkylation sites (tertiary alicyclic amines) is 1. The van der Waals surface area contributed by atoms with E-state index in [1.165, 1.54) is 18.8 Å². The molecule has 1 aromatic heterocycles. The van der Waals surface area contributed by atoms with Crippen LogP contribution in [0, 0.1) is 17.8 Å². The van der Waals surface area contributed by atoms with Crippen molar-refractivity contribution in [3.05, 3.63) is 30.1 Å². The van der Waals surface area contributed by atoms with Gasteiger partial charge in [-0.05, 0) is 50.2 Å². The van der Waals surface area contributed by atoms with Crippen molar-refractivity contribution in [1.82, 2.24) is 9.88 Å². The van der Waals surface area contributed by atoms with Crippen molar-refractivity contribution in [2.24, 2.45) is 17.8 Å². The van der Waals surface area contributed by atoms with Gasteiger partial charge in [-0.3, -0.25) is 4.98 Å². The Labute approximate surface area is 111 Å². The van der Waals surface area contributed by atoms with Gasteiger partial charge >= 0.3 is 0 Å². The minimum atomic E-state index is 0.667. The summed E-state index contributed by atoms with van der Waals surface area (Å²) in [5.41, 5.74) is 1.25. The van der Waals surface area contributed by atoms with Gasteiger partial charge in [0.15, 0.2) is 0 Å². The summed E-state index contributed by atoms with van der Waals surface area (Å²) in [6, 6.07) is 6.93. The number of pyridine rings is 1. The Hall–Kier alpha value is -0.890. The highest BCUT2D eigenvalue weighted by Gasteiger charge is 2.35. The number of hydrogen-bond acceptors (Lipinski definition) is 2. The Morgan fingerprint density at radius 1 is 1.22 bits per heavy atom. The minimum absolute atomic E-state index is 0.667. The van der Waals surface area contributed by atoms with Gasteiger partial charge in [0.05, 0.1) is 0 Å². The van der Waals surface area contributed by atoms with Gasteiger partial charge in [0.1, 0.15) is 0 Å². The molecule has 1 aliphatic heterocycles. The highest BCUT2D eigenvalue weighted by Crippen LogP contribution is 2.32. The van der Waals surface area contributed by atoms with Crippen molar-refractivity contribution in [3.8, 4) is 0 Å². The number of hydrogen-bond donors (Lipinski definition) is 0. The van der Waals surface area contributed by atoms with Crippen LogP contribution in [0.4, 0.5) is 0 Å². The first-order chi connectivity index (χ1) is 8.58. The Morgan fingerprint density at radius 2 is 2.00 bits per heavy atom. The summed E-state index contributed by atoms with van der Waals surface area (Å²) in [5, 5.41) is 0. The van der Waals surface area contributed by atoms with Crippen molar-refractivity contribution in [1.29, 1.82) is 0 Å². The normalized spacial score (nSPS) is 25.2. The van der Waals surface area contributed by atoms with Crippen molar-refractivity contribution in [2.45, 2.75) is 40.2 Å². The standard InChI is InChI=1S/C16H26N2/c1-12(2)16-11-18(13(3)4)10-14(16)9-15-7-5-6-8-17-15/h5-8,12-14,16H,9-11H2,1-4H3. The number of nitrogens with zero attached hydrogens (tertiary/aromatic N) is 2. The van der Waals surface area contributed by atoms with Crippen molar-refractivity contribution < 1.29 is 0 Å². The van der Waals surface area contributed by atoms with Crippen LogP contribution >= 0.6 is 0 Å². The van der Waals surface area contributed by atoms with Crippen LogP contribution < -0.4 is 0 Å². The first-order valence-electron chi connectivity index (χ1n) is 7.22. The summed E-state index contributed by atoms with van der Waals surface area (Å²) in [7, 11) is 0. The van der Waals surface area contributed by atoms with Crippen LogP contribution in [0.15, 0.2) is 24.4 Å². The van der Waals surface area contributed by atoms with Gasteiger partial charge in [0.2, 0.25) is 0 Å². The average Bonchev–Trinajstić information content (AvgIpc) is 2.74. The second-order valence-corrected chi connectivity index (χ2v) is 6.24. The second kappa shape index (κ2) is 5.83. The lowest BCUT2D eigenvalue weighted by atomic mass is 9.83. The van der Waals surface area contributed by atoms with Gasteiger partial charge in [0.25, 0.3) is 0 Å². The van der Waals surface area contributed by atoms with Gasteiger partial charge in [-0.2, -0.15) is 0 Å². The predicted octanol–water partition coefficient (Wildman–Crippen LogP) is 3.24. The highest BCUT2D eigenvalue weighted by atomic mass is 15.2. The molecule has 0 saturated carbocycles. The maximum atomic E-state index is 4.49. The van der Waals surface area contributed by atoms with Crippen LogP contribution in [0.5, 0.6) is 0 Å². The SMILES string of the molecule is CC(C)C1CN(C(C)C)CC1Cc1ccccn1.